The third kappa shape index (κ3) is 5.78. The van der Waals surface area contributed by atoms with E-state index in [0.29, 0.717) is 17.1 Å². The Hall–Kier alpha value is -4.64. The van der Waals surface area contributed by atoms with Crippen LogP contribution in [0.4, 0.5) is 17.1 Å². The Morgan fingerprint density at radius 1 is 0.973 bits per heavy atom. The number of carbonyl (C=O) groups is 2. The van der Waals surface area contributed by atoms with E-state index in [4.69, 9.17) is 0 Å². The van der Waals surface area contributed by atoms with Crippen LogP contribution in [0, 0.1) is 17.0 Å². The summed E-state index contributed by atoms with van der Waals surface area (Å²) >= 11 is 1.26. The maximum absolute atomic E-state index is 13.0. The highest BCUT2D eigenvalue weighted by Gasteiger charge is 2.18. The number of nitrogens with zero attached hydrogens (tertiary/aromatic N) is 3. The molecule has 0 aliphatic rings. The second kappa shape index (κ2) is 11.0. The van der Waals surface area contributed by atoms with Crippen molar-refractivity contribution in [2.24, 2.45) is 7.05 Å². The van der Waals surface area contributed by atoms with Gasteiger partial charge in [-0.1, -0.05) is 24.3 Å². The Morgan fingerprint density at radius 3 is 2.35 bits per heavy atom. The van der Waals surface area contributed by atoms with Crippen molar-refractivity contribution < 1.29 is 14.5 Å². The topological polar surface area (TPSA) is 128 Å². The lowest BCUT2D eigenvalue weighted by atomic mass is 10.2. The third-order valence-electron chi connectivity index (χ3n) is 5.62. The summed E-state index contributed by atoms with van der Waals surface area (Å²) in [5, 5.41) is 16.3. The number of amides is 2. The van der Waals surface area contributed by atoms with Gasteiger partial charge in [0.05, 0.1) is 22.1 Å². The molecule has 4 aromatic rings. The highest BCUT2D eigenvalue weighted by molar-refractivity contribution is 8.00. The minimum Gasteiger partial charge on any atom is -0.322 e. The Kier molecular flexibility index (Phi) is 7.54. The van der Waals surface area contributed by atoms with Crippen molar-refractivity contribution in [2.45, 2.75) is 11.8 Å². The number of benzene rings is 3. The van der Waals surface area contributed by atoms with Gasteiger partial charge < -0.3 is 10.6 Å². The number of aromatic nitrogens is 2. The molecule has 0 saturated carbocycles. The van der Waals surface area contributed by atoms with Gasteiger partial charge in [-0.05, 0) is 49.4 Å². The number of anilines is 2. The SMILES string of the molecule is Cc1c(NC(=O)CSc2cccc(NC(=O)c3ccc([N+](=O)[O-])cc3)c2)c(=O)n(-c2ccccc2)n1C. The van der Waals surface area contributed by atoms with Crippen LogP contribution in [0.5, 0.6) is 0 Å². The Balaban J connectivity index is 1.39. The number of nitrogens with one attached hydrogen (secondary N) is 2. The molecule has 188 valence electrons. The van der Waals surface area contributed by atoms with Gasteiger partial charge in [0.15, 0.2) is 0 Å². The first-order valence-corrected chi connectivity index (χ1v) is 12.2. The predicted molar refractivity (Wildman–Crippen MR) is 143 cm³/mol. The van der Waals surface area contributed by atoms with Crippen molar-refractivity contribution in [1.29, 1.82) is 0 Å². The molecule has 1 heterocycles. The molecule has 0 spiro atoms. The lowest BCUT2D eigenvalue weighted by Gasteiger charge is -2.08. The van der Waals surface area contributed by atoms with Gasteiger partial charge in [-0.25, -0.2) is 4.68 Å². The zero-order valence-corrected chi connectivity index (χ0v) is 20.8. The molecular weight excluding hydrogens is 494 g/mol. The fourth-order valence-electron chi connectivity index (χ4n) is 3.64. The first-order valence-electron chi connectivity index (χ1n) is 11.2. The molecule has 0 saturated heterocycles. The lowest BCUT2D eigenvalue weighted by molar-refractivity contribution is -0.384. The number of hydrogen-bond acceptors (Lipinski definition) is 6. The average Bonchev–Trinajstić information content (AvgIpc) is 3.11. The summed E-state index contributed by atoms with van der Waals surface area (Å²) in [4.78, 5) is 49.1. The zero-order chi connectivity index (χ0) is 26.5. The molecule has 3 aromatic carbocycles. The molecule has 0 atom stereocenters. The van der Waals surface area contributed by atoms with Crippen LogP contribution in [0.15, 0.2) is 88.6 Å². The third-order valence-corrected chi connectivity index (χ3v) is 6.61. The van der Waals surface area contributed by atoms with E-state index in [1.165, 1.54) is 40.7 Å². The van der Waals surface area contributed by atoms with E-state index in [1.54, 1.807) is 42.9 Å². The van der Waals surface area contributed by atoms with Gasteiger partial charge in [0, 0.05) is 35.3 Å². The Bertz CT molecular complexity index is 1530. The quantitative estimate of drug-likeness (QED) is 0.203. The number of hydrogen-bond donors (Lipinski definition) is 2. The van der Waals surface area contributed by atoms with Crippen molar-refractivity contribution >= 4 is 40.6 Å². The second-order valence-corrected chi connectivity index (χ2v) is 9.11. The number of nitro benzene ring substituents is 1. The highest BCUT2D eigenvalue weighted by Crippen LogP contribution is 2.23. The molecule has 2 N–H and O–H groups in total. The van der Waals surface area contributed by atoms with Crippen molar-refractivity contribution in [3.63, 3.8) is 0 Å². The zero-order valence-electron chi connectivity index (χ0n) is 20.0. The minimum atomic E-state index is -0.531. The molecule has 0 aliphatic heterocycles. The standard InChI is InChI=1S/C26H23N5O5S/c1-17-24(26(34)30(29(17)2)20-8-4-3-5-9-20)28-23(32)16-37-22-10-6-7-19(15-22)27-25(33)18-11-13-21(14-12-18)31(35)36/h3-15H,16H2,1-2H3,(H,27,33)(H,28,32). The van der Waals surface area contributed by atoms with Crippen LogP contribution >= 0.6 is 11.8 Å². The van der Waals surface area contributed by atoms with Crippen molar-refractivity contribution in [3.8, 4) is 5.69 Å². The fraction of sp³-hybridized carbons (Fsp3) is 0.115. The molecule has 2 amide bonds. The molecule has 0 unspecified atom stereocenters. The summed E-state index contributed by atoms with van der Waals surface area (Å²) in [7, 11) is 1.75. The van der Waals surface area contributed by atoms with Crippen LogP contribution in [-0.2, 0) is 11.8 Å². The molecule has 0 fully saturated rings. The molecule has 11 heteroatoms. The normalized spacial score (nSPS) is 10.6. The van der Waals surface area contributed by atoms with E-state index in [9.17, 15) is 24.5 Å². The van der Waals surface area contributed by atoms with E-state index in [0.717, 1.165) is 4.90 Å². The summed E-state index contributed by atoms with van der Waals surface area (Å²) in [6.07, 6.45) is 0. The summed E-state index contributed by atoms with van der Waals surface area (Å²) in [5.41, 5.74) is 1.92. The summed E-state index contributed by atoms with van der Waals surface area (Å²) < 4.78 is 3.19. The van der Waals surface area contributed by atoms with E-state index < -0.39 is 10.8 Å². The Labute approximate surface area is 216 Å². The van der Waals surface area contributed by atoms with Crippen molar-refractivity contribution in [2.75, 3.05) is 16.4 Å². The van der Waals surface area contributed by atoms with E-state index in [2.05, 4.69) is 10.6 Å². The second-order valence-electron chi connectivity index (χ2n) is 8.06. The van der Waals surface area contributed by atoms with Gasteiger partial charge in [-0.2, -0.15) is 0 Å². The molecule has 0 aliphatic carbocycles. The maximum atomic E-state index is 13.0. The average molecular weight is 518 g/mol. The predicted octanol–water partition coefficient (Wildman–Crippen LogP) is 4.38. The molecule has 10 nitrogen and oxygen atoms in total. The number of carbonyl (C=O) groups excluding carboxylic acids is 2. The smallest absolute Gasteiger partial charge is 0.295 e. The lowest BCUT2D eigenvalue weighted by Crippen LogP contribution is -2.23. The van der Waals surface area contributed by atoms with Gasteiger partial charge in [-0.3, -0.25) is 29.2 Å². The van der Waals surface area contributed by atoms with E-state index in [1.807, 2.05) is 30.3 Å². The molecule has 4 rings (SSSR count). The first-order chi connectivity index (χ1) is 17.7. The van der Waals surface area contributed by atoms with Crippen molar-refractivity contribution in [1.82, 2.24) is 9.36 Å². The summed E-state index contributed by atoms with van der Waals surface area (Å²) in [5.74, 6) is -0.695. The van der Waals surface area contributed by atoms with Gasteiger partial charge in [-0.15, -0.1) is 11.8 Å². The highest BCUT2D eigenvalue weighted by atomic mass is 32.2. The fourth-order valence-corrected chi connectivity index (χ4v) is 4.39. The largest absolute Gasteiger partial charge is 0.322 e. The number of nitro groups is 1. The van der Waals surface area contributed by atoms with Gasteiger partial charge >= 0.3 is 0 Å². The van der Waals surface area contributed by atoms with Gasteiger partial charge in [0.1, 0.15) is 5.69 Å². The van der Waals surface area contributed by atoms with Crippen LogP contribution in [0.1, 0.15) is 16.1 Å². The first kappa shape index (κ1) is 25.5. The van der Waals surface area contributed by atoms with Crippen LogP contribution in [-0.4, -0.2) is 31.9 Å². The van der Waals surface area contributed by atoms with Crippen LogP contribution < -0.4 is 16.2 Å². The molecule has 0 bridgehead atoms. The monoisotopic (exact) mass is 517 g/mol. The number of non-ortho nitro benzene ring substituents is 1. The number of thioether (sulfide) groups is 1. The van der Waals surface area contributed by atoms with Crippen LogP contribution in [0.3, 0.4) is 0 Å². The van der Waals surface area contributed by atoms with Crippen molar-refractivity contribution in [3.05, 3.63) is 111 Å². The van der Waals surface area contributed by atoms with Gasteiger partial charge in [0.2, 0.25) is 5.91 Å². The molecule has 1 aromatic heterocycles. The van der Waals surface area contributed by atoms with Crippen LogP contribution in [0.25, 0.3) is 5.69 Å². The molecule has 0 radical (unpaired) electrons. The van der Waals surface area contributed by atoms with Crippen LogP contribution in [0.2, 0.25) is 0 Å². The number of para-hydroxylation sites is 1. The summed E-state index contributed by atoms with van der Waals surface area (Å²) in [6, 6.07) is 21.4. The molecular formula is C26H23N5O5S. The minimum absolute atomic E-state index is 0.0544. The van der Waals surface area contributed by atoms with E-state index >= 15 is 0 Å². The van der Waals surface area contributed by atoms with Gasteiger partial charge in [0.25, 0.3) is 17.2 Å². The number of rotatable bonds is 8. The maximum Gasteiger partial charge on any atom is 0.295 e. The molecule has 37 heavy (non-hydrogen) atoms. The summed E-state index contributed by atoms with van der Waals surface area (Å²) in [6.45, 7) is 1.76. The Morgan fingerprint density at radius 2 is 1.68 bits per heavy atom. The van der Waals surface area contributed by atoms with E-state index in [-0.39, 0.29) is 34.2 Å².